The van der Waals surface area contributed by atoms with Gasteiger partial charge in [-0.3, -0.25) is 0 Å². The van der Waals surface area contributed by atoms with Crippen molar-refractivity contribution in [2.24, 2.45) is 0 Å². The summed E-state index contributed by atoms with van der Waals surface area (Å²) in [6.45, 7) is 4.38. The van der Waals surface area contributed by atoms with Crippen LogP contribution in [-0.2, 0) is 6.42 Å². The largest absolute Gasteiger partial charge is 0.378 e. The zero-order valence-corrected chi connectivity index (χ0v) is 11.8. The van der Waals surface area contributed by atoms with E-state index in [1.165, 1.54) is 41.6 Å². The van der Waals surface area contributed by atoms with Gasteiger partial charge in [-0.05, 0) is 67.3 Å². The molecule has 2 heteroatoms. The maximum Gasteiger partial charge on any atom is 0.0525 e. The molecule has 1 heterocycles. The van der Waals surface area contributed by atoms with Gasteiger partial charge in [0.15, 0.2) is 0 Å². The molecule has 18 heavy (non-hydrogen) atoms. The molecule has 94 valence electrons. The van der Waals surface area contributed by atoms with Gasteiger partial charge < -0.3 is 5.32 Å². The van der Waals surface area contributed by atoms with Crippen LogP contribution in [0.25, 0.3) is 0 Å². The summed E-state index contributed by atoms with van der Waals surface area (Å²) in [7, 11) is 0. The van der Waals surface area contributed by atoms with E-state index in [1.54, 1.807) is 4.88 Å². The van der Waals surface area contributed by atoms with Crippen LogP contribution in [0.4, 0.5) is 5.69 Å². The molecule has 1 nitrogen and oxygen atoms in total. The monoisotopic (exact) mass is 257 g/mol. The van der Waals surface area contributed by atoms with Crippen molar-refractivity contribution in [2.75, 3.05) is 5.32 Å². The summed E-state index contributed by atoms with van der Waals surface area (Å²) in [6, 6.07) is 9.31. The molecule has 0 radical (unpaired) electrons. The third kappa shape index (κ3) is 2.05. The Morgan fingerprint density at radius 1 is 1.22 bits per heavy atom. The summed E-state index contributed by atoms with van der Waals surface area (Å²) in [4.78, 5) is 1.57. The molecule has 2 aromatic rings. The highest BCUT2D eigenvalue weighted by Crippen LogP contribution is 2.36. The minimum absolute atomic E-state index is 0.500. The first kappa shape index (κ1) is 11.8. The van der Waals surface area contributed by atoms with Crippen LogP contribution in [0.15, 0.2) is 29.6 Å². The molecule has 0 saturated carbocycles. The fraction of sp³-hybridized carbons (Fsp3) is 0.375. The maximum absolute atomic E-state index is 3.74. The van der Waals surface area contributed by atoms with Crippen LogP contribution >= 0.6 is 11.3 Å². The van der Waals surface area contributed by atoms with E-state index < -0.39 is 0 Å². The average molecular weight is 257 g/mol. The molecule has 0 aliphatic heterocycles. The van der Waals surface area contributed by atoms with Gasteiger partial charge in [0.2, 0.25) is 0 Å². The van der Waals surface area contributed by atoms with Gasteiger partial charge in [-0.15, -0.1) is 11.3 Å². The first-order valence-electron chi connectivity index (χ1n) is 6.65. The van der Waals surface area contributed by atoms with E-state index in [4.69, 9.17) is 0 Å². The summed E-state index contributed by atoms with van der Waals surface area (Å²) in [5.74, 6) is 0. The van der Waals surface area contributed by atoms with Crippen LogP contribution in [0, 0.1) is 13.8 Å². The topological polar surface area (TPSA) is 12.0 Å². The Kier molecular flexibility index (Phi) is 3.13. The summed E-state index contributed by atoms with van der Waals surface area (Å²) in [5.41, 5.74) is 5.55. The molecule has 1 aliphatic carbocycles. The number of anilines is 1. The zero-order valence-electron chi connectivity index (χ0n) is 11.0. The number of hydrogen-bond donors (Lipinski definition) is 1. The van der Waals surface area contributed by atoms with Crippen molar-refractivity contribution in [3.05, 3.63) is 51.2 Å². The third-order valence-corrected chi connectivity index (χ3v) is 4.98. The highest BCUT2D eigenvalue weighted by atomic mass is 32.1. The molecule has 0 spiro atoms. The Bertz CT molecular complexity index is 556. The second-order valence-corrected chi connectivity index (χ2v) is 6.14. The van der Waals surface area contributed by atoms with Crippen molar-refractivity contribution >= 4 is 17.0 Å². The lowest BCUT2D eigenvalue weighted by Crippen LogP contribution is -2.16. The molecular formula is C16H19NS. The Morgan fingerprint density at radius 2 is 2.11 bits per heavy atom. The average Bonchev–Trinajstić information content (AvgIpc) is 2.84. The predicted octanol–water partition coefficient (Wildman–Crippen LogP) is 4.85. The molecule has 0 saturated heterocycles. The van der Waals surface area contributed by atoms with Crippen LogP contribution in [0.3, 0.4) is 0 Å². The van der Waals surface area contributed by atoms with E-state index in [9.17, 15) is 0 Å². The molecule has 1 aromatic carbocycles. The predicted molar refractivity (Wildman–Crippen MR) is 79.5 cm³/mol. The number of fused-ring (bicyclic) bond motifs is 1. The second kappa shape index (κ2) is 4.77. The lowest BCUT2D eigenvalue weighted by Gasteiger charge is -2.26. The van der Waals surface area contributed by atoms with Crippen molar-refractivity contribution < 1.29 is 0 Å². The van der Waals surface area contributed by atoms with Crippen LogP contribution in [-0.4, -0.2) is 0 Å². The van der Waals surface area contributed by atoms with Gasteiger partial charge in [0.25, 0.3) is 0 Å². The first-order valence-corrected chi connectivity index (χ1v) is 7.52. The second-order valence-electron chi connectivity index (χ2n) is 5.14. The van der Waals surface area contributed by atoms with Crippen molar-refractivity contribution in [1.29, 1.82) is 0 Å². The molecule has 3 rings (SSSR count). The van der Waals surface area contributed by atoms with E-state index in [2.05, 4.69) is 48.8 Å². The zero-order chi connectivity index (χ0) is 12.5. The van der Waals surface area contributed by atoms with E-state index in [-0.39, 0.29) is 0 Å². The van der Waals surface area contributed by atoms with E-state index in [0.29, 0.717) is 6.04 Å². The number of nitrogens with one attached hydrogen (secondary N) is 1. The molecular weight excluding hydrogens is 238 g/mol. The van der Waals surface area contributed by atoms with Gasteiger partial charge in [0, 0.05) is 10.6 Å². The number of hydrogen-bond acceptors (Lipinski definition) is 2. The lowest BCUT2D eigenvalue weighted by molar-refractivity contribution is 0.608. The Hall–Kier alpha value is -1.28. The van der Waals surface area contributed by atoms with Gasteiger partial charge in [0.05, 0.1) is 6.04 Å². The van der Waals surface area contributed by atoms with Crippen LogP contribution in [0.5, 0.6) is 0 Å². The highest BCUT2D eigenvalue weighted by Gasteiger charge is 2.21. The molecule has 1 unspecified atom stereocenters. The van der Waals surface area contributed by atoms with Gasteiger partial charge in [-0.1, -0.05) is 12.1 Å². The van der Waals surface area contributed by atoms with Crippen LogP contribution in [0.1, 0.15) is 40.5 Å². The standard InChI is InChI=1S/C16H19NS/c1-11-5-3-6-14(12(11)2)17-15-7-4-8-16-13(15)9-10-18-16/h3,5-6,9-10,15,17H,4,7-8H2,1-2H3. The number of rotatable bonds is 2. The summed E-state index contributed by atoms with van der Waals surface area (Å²) in [5, 5.41) is 5.97. The SMILES string of the molecule is Cc1cccc(NC2CCCc3sccc32)c1C. The number of benzene rings is 1. The molecule has 1 atom stereocenters. The quantitative estimate of drug-likeness (QED) is 0.810. The molecule has 0 fully saturated rings. The summed E-state index contributed by atoms with van der Waals surface area (Å²) >= 11 is 1.91. The molecule has 1 aliphatic rings. The minimum atomic E-state index is 0.500. The highest BCUT2D eigenvalue weighted by molar-refractivity contribution is 7.10. The minimum Gasteiger partial charge on any atom is -0.378 e. The van der Waals surface area contributed by atoms with Crippen molar-refractivity contribution in [1.82, 2.24) is 0 Å². The van der Waals surface area contributed by atoms with Crippen LogP contribution < -0.4 is 5.32 Å². The van der Waals surface area contributed by atoms with E-state index >= 15 is 0 Å². The van der Waals surface area contributed by atoms with Gasteiger partial charge >= 0.3 is 0 Å². The maximum atomic E-state index is 3.74. The first-order chi connectivity index (χ1) is 8.75. The van der Waals surface area contributed by atoms with E-state index in [1.807, 2.05) is 11.3 Å². The Morgan fingerprint density at radius 3 is 3.00 bits per heavy atom. The normalized spacial score (nSPS) is 18.4. The van der Waals surface area contributed by atoms with E-state index in [0.717, 1.165) is 0 Å². The number of thiophene rings is 1. The fourth-order valence-corrected chi connectivity index (χ4v) is 3.72. The molecule has 0 amide bonds. The molecule has 1 N–H and O–H groups in total. The van der Waals surface area contributed by atoms with Gasteiger partial charge in [-0.2, -0.15) is 0 Å². The smallest absolute Gasteiger partial charge is 0.0525 e. The van der Waals surface area contributed by atoms with Crippen molar-refractivity contribution in [3.8, 4) is 0 Å². The van der Waals surface area contributed by atoms with Gasteiger partial charge in [-0.25, -0.2) is 0 Å². The molecule has 1 aromatic heterocycles. The van der Waals surface area contributed by atoms with Gasteiger partial charge in [0.1, 0.15) is 0 Å². The summed E-state index contributed by atoms with van der Waals surface area (Å²) < 4.78 is 0. The van der Waals surface area contributed by atoms with Crippen LogP contribution in [0.2, 0.25) is 0 Å². The van der Waals surface area contributed by atoms with Crippen molar-refractivity contribution in [3.63, 3.8) is 0 Å². The lowest BCUT2D eigenvalue weighted by atomic mass is 9.93. The Balaban J connectivity index is 1.88. The fourth-order valence-electron chi connectivity index (χ4n) is 2.73. The Labute approximate surface area is 113 Å². The third-order valence-electron chi connectivity index (χ3n) is 3.99. The summed E-state index contributed by atoms with van der Waals surface area (Å²) in [6.07, 6.45) is 3.81. The van der Waals surface area contributed by atoms with Crippen molar-refractivity contribution in [2.45, 2.75) is 39.2 Å². The number of aryl methyl sites for hydroxylation is 2. The molecule has 0 bridgehead atoms.